The van der Waals surface area contributed by atoms with Crippen LogP contribution in [0.25, 0.3) is 0 Å². The maximum atomic E-state index is 5.75. The van der Waals surface area contributed by atoms with Gasteiger partial charge in [-0.2, -0.15) is 0 Å². The number of hydrogen-bond acceptors (Lipinski definition) is 2. The molecule has 0 amide bonds. The van der Waals surface area contributed by atoms with Gasteiger partial charge in [-0.05, 0) is 38.8 Å². The quantitative estimate of drug-likeness (QED) is 0.840. The monoisotopic (exact) mass is 219 g/mol. The Morgan fingerprint density at radius 1 is 1.25 bits per heavy atom. The molecule has 0 spiro atoms. The minimum atomic E-state index is 0.0179. The Balaban J connectivity index is 2.25. The standard InChI is InChI=1S/C14H21NO/c1-11-5-7-12(8-6-11)13(15-2)14(16-3)9-4-10-14/h5-8,13,15H,4,9-10H2,1-3H3. The minimum absolute atomic E-state index is 0.0179. The van der Waals surface area contributed by atoms with E-state index in [0.29, 0.717) is 6.04 Å². The van der Waals surface area contributed by atoms with Gasteiger partial charge in [-0.1, -0.05) is 29.8 Å². The summed E-state index contributed by atoms with van der Waals surface area (Å²) in [6, 6.07) is 9.06. The molecular weight excluding hydrogens is 198 g/mol. The van der Waals surface area contributed by atoms with Crippen molar-refractivity contribution in [1.29, 1.82) is 0 Å². The zero-order valence-corrected chi connectivity index (χ0v) is 10.4. The molecule has 1 saturated carbocycles. The molecule has 0 bridgehead atoms. The predicted molar refractivity (Wildman–Crippen MR) is 66.6 cm³/mol. The lowest BCUT2D eigenvalue weighted by Gasteiger charge is -2.46. The molecule has 16 heavy (non-hydrogen) atoms. The lowest BCUT2D eigenvalue weighted by atomic mass is 9.72. The number of likely N-dealkylation sites (N-methyl/N-ethyl adjacent to an activating group) is 1. The van der Waals surface area contributed by atoms with Crippen LogP contribution < -0.4 is 5.32 Å². The van der Waals surface area contributed by atoms with Gasteiger partial charge in [0.25, 0.3) is 0 Å². The van der Waals surface area contributed by atoms with Gasteiger partial charge in [0.15, 0.2) is 0 Å². The van der Waals surface area contributed by atoms with E-state index in [1.54, 1.807) is 0 Å². The number of nitrogens with one attached hydrogen (secondary N) is 1. The van der Waals surface area contributed by atoms with Crippen LogP contribution in [0.5, 0.6) is 0 Å². The minimum Gasteiger partial charge on any atom is -0.376 e. The molecule has 0 aromatic heterocycles. The summed E-state index contributed by atoms with van der Waals surface area (Å²) in [5.41, 5.74) is 2.65. The Hall–Kier alpha value is -0.860. The fourth-order valence-electron chi connectivity index (χ4n) is 2.63. The number of hydrogen-bond donors (Lipinski definition) is 1. The molecule has 0 aliphatic heterocycles. The predicted octanol–water partition coefficient (Wildman–Crippen LogP) is 2.82. The lowest BCUT2D eigenvalue weighted by molar-refractivity contribution is -0.0983. The summed E-state index contributed by atoms with van der Waals surface area (Å²) in [5.74, 6) is 0. The second-order valence-electron chi connectivity index (χ2n) is 4.75. The average molecular weight is 219 g/mol. The van der Waals surface area contributed by atoms with Crippen molar-refractivity contribution in [3.05, 3.63) is 35.4 Å². The van der Waals surface area contributed by atoms with Crippen LogP contribution in [0.2, 0.25) is 0 Å². The van der Waals surface area contributed by atoms with E-state index in [1.165, 1.54) is 17.5 Å². The molecule has 1 fully saturated rings. The van der Waals surface area contributed by atoms with E-state index in [9.17, 15) is 0 Å². The van der Waals surface area contributed by atoms with Crippen LogP contribution in [0.15, 0.2) is 24.3 Å². The van der Waals surface area contributed by atoms with Crippen LogP contribution in [0.1, 0.15) is 36.4 Å². The van der Waals surface area contributed by atoms with E-state index in [0.717, 1.165) is 12.8 Å². The maximum absolute atomic E-state index is 5.75. The van der Waals surface area contributed by atoms with Gasteiger partial charge < -0.3 is 10.1 Å². The molecule has 1 aliphatic rings. The number of methoxy groups -OCH3 is 1. The fourth-order valence-corrected chi connectivity index (χ4v) is 2.63. The average Bonchev–Trinajstić information content (AvgIpc) is 2.25. The van der Waals surface area contributed by atoms with E-state index in [4.69, 9.17) is 4.74 Å². The Morgan fingerprint density at radius 2 is 1.88 bits per heavy atom. The van der Waals surface area contributed by atoms with Gasteiger partial charge >= 0.3 is 0 Å². The van der Waals surface area contributed by atoms with Crippen molar-refractivity contribution in [2.24, 2.45) is 0 Å². The molecule has 0 radical (unpaired) electrons. The van der Waals surface area contributed by atoms with Crippen molar-refractivity contribution in [1.82, 2.24) is 5.32 Å². The second kappa shape index (κ2) is 4.56. The second-order valence-corrected chi connectivity index (χ2v) is 4.75. The summed E-state index contributed by atoms with van der Waals surface area (Å²) in [4.78, 5) is 0. The summed E-state index contributed by atoms with van der Waals surface area (Å²) in [6.07, 6.45) is 3.59. The van der Waals surface area contributed by atoms with E-state index in [-0.39, 0.29) is 5.60 Å². The Labute approximate surface area is 98.0 Å². The molecular formula is C14H21NO. The summed E-state index contributed by atoms with van der Waals surface area (Å²) in [5, 5.41) is 3.41. The molecule has 2 heteroatoms. The third kappa shape index (κ3) is 1.87. The van der Waals surface area contributed by atoms with Crippen molar-refractivity contribution >= 4 is 0 Å². The van der Waals surface area contributed by atoms with E-state index in [1.807, 2.05) is 14.2 Å². The highest BCUT2D eigenvalue weighted by atomic mass is 16.5. The Bertz CT molecular complexity index is 335. The summed E-state index contributed by atoms with van der Waals surface area (Å²) in [6.45, 7) is 2.12. The molecule has 2 nitrogen and oxygen atoms in total. The number of ether oxygens (including phenoxy) is 1. The topological polar surface area (TPSA) is 21.3 Å². The lowest BCUT2D eigenvalue weighted by Crippen LogP contribution is -2.49. The van der Waals surface area contributed by atoms with Crippen molar-refractivity contribution in [3.8, 4) is 0 Å². The van der Waals surface area contributed by atoms with Gasteiger partial charge in [0.2, 0.25) is 0 Å². The van der Waals surface area contributed by atoms with Crippen LogP contribution in [-0.4, -0.2) is 19.8 Å². The molecule has 1 unspecified atom stereocenters. The molecule has 0 saturated heterocycles. The number of benzene rings is 1. The van der Waals surface area contributed by atoms with Gasteiger partial charge in [0.05, 0.1) is 11.6 Å². The van der Waals surface area contributed by atoms with Gasteiger partial charge in [-0.25, -0.2) is 0 Å². The van der Waals surface area contributed by atoms with Crippen molar-refractivity contribution in [2.75, 3.05) is 14.2 Å². The van der Waals surface area contributed by atoms with Gasteiger partial charge in [0, 0.05) is 7.11 Å². The van der Waals surface area contributed by atoms with Crippen LogP contribution in [-0.2, 0) is 4.74 Å². The summed E-state index contributed by atoms with van der Waals surface area (Å²) in [7, 11) is 3.85. The highest BCUT2D eigenvalue weighted by Gasteiger charge is 2.44. The molecule has 0 heterocycles. The largest absolute Gasteiger partial charge is 0.376 e. The SMILES string of the molecule is CNC(c1ccc(C)cc1)C1(OC)CCC1. The summed E-state index contributed by atoms with van der Waals surface area (Å²) >= 11 is 0. The molecule has 1 aromatic rings. The molecule has 1 N–H and O–H groups in total. The third-order valence-corrected chi connectivity index (χ3v) is 3.83. The van der Waals surface area contributed by atoms with E-state index in [2.05, 4.69) is 36.5 Å². The highest BCUT2D eigenvalue weighted by molar-refractivity contribution is 5.27. The van der Waals surface area contributed by atoms with Gasteiger partial charge in [0.1, 0.15) is 0 Å². The van der Waals surface area contributed by atoms with Gasteiger partial charge in [-0.15, -0.1) is 0 Å². The first-order valence-corrected chi connectivity index (χ1v) is 6.01. The fraction of sp³-hybridized carbons (Fsp3) is 0.571. The molecule has 1 atom stereocenters. The summed E-state index contributed by atoms with van der Waals surface area (Å²) < 4.78 is 5.75. The molecule has 1 aromatic carbocycles. The molecule has 1 aliphatic carbocycles. The maximum Gasteiger partial charge on any atom is 0.0872 e. The van der Waals surface area contributed by atoms with Crippen molar-refractivity contribution in [3.63, 3.8) is 0 Å². The third-order valence-electron chi connectivity index (χ3n) is 3.83. The van der Waals surface area contributed by atoms with Crippen molar-refractivity contribution < 1.29 is 4.74 Å². The number of aryl methyl sites for hydroxylation is 1. The first-order valence-electron chi connectivity index (χ1n) is 6.01. The smallest absolute Gasteiger partial charge is 0.0872 e. The van der Waals surface area contributed by atoms with Crippen LogP contribution in [0.4, 0.5) is 0 Å². The van der Waals surface area contributed by atoms with Crippen LogP contribution in [0, 0.1) is 6.92 Å². The van der Waals surface area contributed by atoms with E-state index >= 15 is 0 Å². The van der Waals surface area contributed by atoms with Crippen molar-refractivity contribution in [2.45, 2.75) is 37.8 Å². The van der Waals surface area contributed by atoms with E-state index < -0.39 is 0 Å². The molecule has 88 valence electrons. The zero-order chi connectivity index (χ0) is 11.6. The highest BCUT2D eigenvalue weighted by Crippen LogP contribution is 2.44. The van der Waals surface area contributed by atoms with Crippen LogP contribution in [0.3, 0.4) is 0 Å². The first kappa shape index (κ1) is 11.6. The van der Waals surface area contributed by atoms with Crippen LogP contribution >= 0.6 is 0 Å². The number of rotatable bonds is 4. The first-order chi connectivity index (χ1) is 7.72. The van der Waals surface area contributed by atoms with Gasteiger partial charge in [-0.3, -0.25) is 0 Å². The normalized spacial score (nSPS) is 20.2. The zero-order valence-electron chi connectivity index (χ0n) is 10.4. The Morgan fingerprint density at radius 3 is 2.25 bits per heavy atom. The molecule has 2 rings (SSSR count). The Kier molecular flexibility index (Phi) is 3.31.